The summed E-state index contributed by atoms with van der Waals surface area (Å²) in [4.78, 5) is 35.2. The Hall–Kier alpha value is -3.37. The van der Waals surface area contributed by atoms with Gasteiger partial charge in [0.05, 0.1) is 25.4 Å². The third-order valence-electron chi connectivity index (χ3n) is 3.30. The molecule has 0 bridgehead atoms. The summed E-state index contributed by atoms with van der Waals surface area (Å²) in [7, 11) is 2.88. The molecule has 0 atom stereocenters. The van der Waals surface area contributed by atoms with Crippen LogP contribution in [0.4, 0.5) is 4.79 Å². The Morgan fingerprint density at radius 1 is 0.857 bits per heavy atom. The summed E-state index contributed by atoms with van der Waals surface area (Å²) in [5, 5.41) is 0. The molecule has 147 valence electrons. The zero-order valence-corrected chi connectivity index (χ0v) is 16.4. The van der Waals surface area contributed by atoms with Crippen molar-refractivity contribution >= 4 is 17.6 Å². The summed E-state index contributed by atoms with van der Waals surface area (Å²) in [5.74, 6) is 0.227. The van der Waals surface area contributed by atoms with E-state index in [-0.39, 0.29) is 22.7 Å². The van der Waals surface area contributed by atoms with Crippen LogP contribution in [-0.4, -0.2) is 31.8 Å². The minimum atomic E-state index is -0.651. The number of carbonyl (C=O) groups is 3. The van der Waals surface area contributed by atoms with Crippen LogP contribution in [0.15, 0.2) is 71.5 Å². The second kappa shape index (κ2) is 12.1. The molecular formula is C17H18N4O6V. The number of amides is 2. The van der Waals surface area contributed by atoms with Crippen molar-refractivity contribution in [3.63, 3.8) is 0 Å². The molecule has 0 fully saturated rings. The van der Waals surface area contributed by atoms with Crippen molar-refractivity contribution in [1.29, 1.82) is 0 Å². The van der Waals surface area contributed by atoms with Gasteiger partial charge >= 0.3 is 27.1 Å². The van der Waals surface area contributed by atoms with Gasteiger partial charge in [-0.05, 0) is 24.3 Å². The number of ketones is 2. The van der Waals surface area contributed by atoms with E-state index in [2.05, 4.69) is 21.7 Å². The van der Waals surface area contributed by atoms with Gasteiger partial charge in [0.15, 0.2) is 11.6 Å². The molecule has 0 heterocycles. The number of hydrazine groups is 2. The average molecular weight is 425 g/mol. The standard InChI is InChI=1S/C17H18N4O5.O.V/c1-25-15-7-3-5-13(22)11(15)9-18-20-17(24)21-19-10-12-14(23)6-4-8-16(12)26-2;;/h3-10,18-19H,1-2H3,(H2,20,21,24);;/b11-9+,12-10+;;. The molecule has 0 aromatic heterocycles. The molecule has 0 spiro atoms. The number of nitrogens with one attached hydrogen (secondary N) is 4. The van der Waals surface area contributed by atoms with Gasteiger partial charge in [-0.15, -0.1) is 0 Å². The summed E-state index contributed by atoms with van der Waals surface area (Å²) in [6.45, 7) is 0. The molecule has 2 aliphatic rings. The molecule has 0 unspecified atom stereocenters. The van der Waals surface area contributed by atoms with Gasteiger partial charge in [-0.25, -0.2) is 4.79 Å². The van der Waals surface area contributed by atoms with Crippen LogP contribution in [0.1, 0.15) is 0 Å². The van der Waals surface area contributed by atoms with Crippen molar-refractivity contribution in [2.24, 2.45) is 0 Å². The molecule has 28 heavy (non-hydrogen) atoms. The van der Waals surface area contributed by atoms with Gasteiger partial charge in [-0.3, -0.25) is 20.4 Å². The first-order valence-corrected chi connectivity index (χ1v) is 8.23. The van der Waals surface area contributed by atoms with E-state index in [0.717, 1.165) is 17.4 Å². The van der Waals surface area contributed by atoms with Crippen LogP contribution in [0.3, 0.4) is 0 Å². The summed E-state index contributed by atoms with van der Waals surface area (Å²) >= 11 is 1.06. The van der Waals surface area contributed by atoms with Crippen molar-refractivity contribution < 1.29 is 44.9 Å². The molecule has 0 aromatic carbocycles. The van der Waals surface area contributed by atoms with Crippen LogP contribution in [-0.2, 0) is 40.1 Å². The summed E-state index contributed by atoms with van der Waals surface area (Å²) in [6, 6.07) is -0.651. The first-order chi connectivity index (χ1) is 13.6. The van der Waals surface area contributed by atoms with E-state index in [1.54, 1.807) is 24.3 Å². The number of urea groups is 1. The third-order valence-corrected chi connectivity index (χ3v) is 3.30. The number of hydrogen-bond donors (Lipinski definition) is 4. The molecular weight excluding hydrogens is 407 g/mol. The molecule has 0 aliphatic heterocycles. The van der Waals surface area contributed by atoms with E-state index in [0.29, 0.717) is 11.5 Å². The van der Waals surface area contributed by atoms with Crippen molar-refractivity contribution in [2.75, 3.05) is 14.2 Å². The fraction of sp³-hybridized carbons (Fsp3) is 0.118. The summed E-state index contributed by atoms with van der Waals surface area (Å²) < 4.78 is 18.3. The van der Waals surface area contributed by atoms with E-state index in [9.17, 15) is 14.4 Å². The van der Waals surface area contributed by atoms with Crippen molar-refractivity contribution in [2.45, 2.75) is 0 Å². The van der Waals surface area contributed by atoms with Crippen LogP contribution < -0.4 is 21.7 Å². The normalized spacial score (nSPS) is 17.8. The Balaban J connectivity index is 0.00000190. The fourth-order valence-corrected chi connectivity index (χ4v) is 2.07. The van der Waals surface area contributed by atoms with Crippen molar-refractivity contribution in [3.8, 4) is 0 Å². The van der Waals surface area contributed by atoms with Gasteiger partial charge < -0.3 is 20.3 Å². The van der Waals surface area contributed by atoms with Crippen LogP contribution in [0, 0.1) is 0 Å². The van der Waals surface area contributed by atoms with Gasteiger partial charge in [0.1, 0.15) is 11.5 Å². The number of ether oxygens (including phenoxy) is 2. The maximum absolute atomic E-state index is 11.8. The molecule has 0 aromatic rings. The first-order valence-electron chi connectivity index (χ1n) is 7.66. The topological polar surface area (TPSA) is 135 Å². The number of methoxy groups -OCH3 is 2. The average Bonchev–Trinajstić information content (AvgIpc) is 2.71. The van der Waals surface area contributed by atoms with E-state index < -0.39 is 6.03 Å². The Morgan fingerprint density at radius 2 is 1.25 bits per heavy atom. The van der Waals surface area contributed by atoms with Crippen molar-refractivity contribution in [1.82, 2.24) is 21.7 Å². The van der Waals surface area contributed by atoms with E-state index >= 15 is 0 Å². The second-order valence-corrected chi connectivity index (χ2v) is 4.90. The van der Waals surface area contributed by atoms with Crippen molar-refractivity contribution in [3.05, 3.63) is 71.5 Å². The van der Waals surface area contributed by atoms with Crippen LogP contribution >= 0.6 is 0 Å². The molecule has 2 rings (SSSR count). The third kappa shape index (κ3) is 6.42. The predicted molar refractivity (Wildman–Crippen MR) is 93.3 cm³/mol. The number of rotatable bonds is 6. The van der Waals surface area contributed by atoms with E-state index in [4.69, 9.17) is 13.1 Å². The van der Waals surface area contributed by atoms with E-state index in [1.165, 1.54) is 38.8 Å². The second-order valence-electron chi connectivity index (χ2n) is 4.90. The number of hydrogen-bond acceptors (Lipinski definition) is 8. The van der Waals surface area contributed by atoms with Gasteiger partial charge in [-0.1, -0.05) is 12.2 Å². The fourth-order valence-electron chi connectivity index (χ4n) is 2.07. The van der Waals surface area contributed by atoms with Gasteiger partial charge in [0.25, 0.3) is 0 Å². The number of carbonyl (C=O) groups excluding carboxylic acids is 3. The molecule has 10 nitrogen and oxygen atoms in total. The van der Waals surface area contributed by atoms with Crippen LogP contribution in [0.2, 0.25) is 0 Å². The molecule has 2 amide bonds. The molecule has 0 saturated carbocycles. The Morgan fingerprint density at radius 3 is 1.61 bits per heavy atom. The SMILES string of the molecule is COC1=CC=CC(=O)/C1=C\NNC(=O)NN/C=C1\C(=O)C=CC=C1OC.[O]=[V]. The zero-order chi connectivity index (χ0) is 20.9. The van der Waals surface area contributed by atoms with Crippen LogP contribution in [0.25, 0.3) is 0 Å². The predicted octanol–water partition coefficient (Wildman–Crippen LogP) is 0.280. The van der Waals surface area contributed by atoms with Gasteiger partial charge in [0.2, 0.25) is 0 Å². The summed E-state index contributed by atoms with van der Waals surface area (Å²) in [6.07, 6.45) is 11.8. The molecule has 0 radical (unpaired) electrons. The quantitative estimate of drug-likeness (QED) is 0.352. The maximum atomic E-state index is 11.8. The molecule has 0 saturated heterocycles. The molecule has 2 aliphatic carbocycles. The minimum absolute atomic E-state index is 0.260. The summed E-state index contributed by atoms with van der Waals surface area (Å²) in [5.41, 5.74) is 10.1. The molecule has 11 heteroatoms. The molecule has 4 N–H and O–H groups in total. The number of allylic oxidation sites excluding steroid dienone is 8. The Kier molecular flexibility index (Phi) is 9.80. The van der Waals surface area contributed by atoms with Gasteiger partial charge in [0, 0.05) is 12.4 Å². The van der Waals surface area contributed by atoms with Crippen LogP contribution in [0.5, 0.6) is 0 Å². The Bertz CT molecular complexity index is 746. The first kappa shape index (κ1) is 22.7. The van der Waals surface area contributed by atoms with Gasteiger partial charge in [-0.2, -0.15) is 0 Å². The van der Waals surface area contributed by atoms with E-state index in [1.807, 2.05) is 0 Å². The Labute approximate surface area is 170 Å². The zero-order valence-electron chi connectivity index (χ0n) is 15.0. The monoisotopic (exact) mass is 425 g/mol.